The predicted molar refractivity (Wildman–Crippen MR) is 89.7 cm³/mol. The number of allylic oxidation sites excluding steroid dienone is 2. The molecule has 0 saturated carbocycles. The van der Waals surface area contributed by atoms with Gasteiger partial charge in [0.15, 0.2) is 0 Å². The van der Waals surface area contributed by atoms with Crippen LogP contribution in [0.25, 0.3) is 0 Å². The minimum atomic E-state index is 0.570. The van der Waals surface area contributed by atoms with E-state index in [4.69, 9.17) is 4.98 Å². The van der Waals surface area contributed by atoms with Crippen LogP contribution in [0.3, 0.4) is 0 Å². The fourth-order valence-electron chi connectivity index (χ4n) is 4.75. The molecule has 0 N–H and O–H groups in total. The third kappa shape index (κ3) is 2.35. The topological polar surface area (TPSA) is 12.9 Å². The molecule has 1 aromatic rings. The van der Waals surface area contributed by atoms with Crippen molar-refractivity contribution in [2.45, 2.75) is 71.1 Å². The monoisotopic (exact) mass is 283 g/mol. The minimum absolute atomic E-state index is 0.570. The molecule has 1 heteroatoms. The second-order valence-electron chi connectivity index (χ2n) is 7.20. The smallest absolute Gasteiger partial charge is 0.0515 e. The maximum atomic E-state index is 4.82. The summed E-state index contributed by atoms with van der Waals surface area (Å²) in [5, 5.41) is 0. The molecule has 3 aliphatic rings. The highest BCUT2D eigenvalue weighted by molar-refractivity contribution is 5.47. The van der Waals surface area contributed by atoms with Crippen LogP contribution >= 0.6 is 0 Å². The number of hydrogen-bond acceptors (Lipinski definition) is 1. The Balaban J connectivity index is 2.09. The summed E-state index contributed by atoms with van der Waals surface area (Å²) >= 11 is 0. The van der Waals surface area contributed by atoms with E-state index in [0.717, 1.165) is 11.8 Å². The van der Waals surface area contributed by atoms with Crippen LogP contribution in [0.5, 0.6) is 0 Å². The molecule has 4 rings (SSSR count). The summed E-state index contributed by atoms with van der Waals surface area (Å²) in [4.78, 5) is 4.82. The van der Waals surface area contributed by atoms with E-state index in [1.165, 1.54) is 36.9 Å². The van der Waals surface area contributed by atoms with Crippen molar-refractivity contribution in [1.29, 1.82) is 0 Å². The number of rotatable bonds is 5. The van der Waals surface area contributed by atoms with Crippen LogP contribution in [0.1, 0.15) is 88.0 Å². The van der Waals surface area contributed by atoms with E-state index in [2.05, 4.69) is 45.9 Å². The third-order valence-corrected chi connectivity index (χ3v) is 5.57. The minimum Gasteiger partial charge on any atom is -0.260 e. The predicted octanol–water partition coefficient (Wildman–Crippen LogP) is 5.79. The average Bonchev–Trinajstić information content (AvgIpc) is 2.49. The molecule has 0 amide bonds. The molecule has 2 bridgehead atoms. The third-order valence-electron chi connectivity index (χ3n) is 5.57. The summed E-state index contributed by atoms with van der Waals surface area (Å²) in [6, 6.07) is 2.26. The summed E-state index contributed by atoms with van der Waals surface area (Å²) < 4.78 is 0. The highest BCUT2D eigenvalue weighted by Crippen LogP contribution is 2.55. The molecule has 1 nitrogen and oxygen atoms in total. The summed E-state index contributed by atoms with van der Waals surface area (Å²) in [7, 11) is 0. The van der Waals surface area contributed by atoms with Gasteiger partial charge in [0.05, 0.1) is 5.69 Å². The van der Waals surface area contributed by atoms with Crippen LogP contribution in [-0.2, 0) is 0 Å². The first-order valence-electron chi connectivity index (χ1n) is 8.86. The van der Waals surface area contributed by atoms with Crippen molar-refractivity contribution >= 4 is 0 Å². The molecule has 1 heterocycles. The summed E-state index contributed by atoms with van der Waals surface area (Å²) in [6.45, 7) is 9.30. The molecule has 0 spiro atoms. The van der Waals surface area contributed by atoms with Gasteiger partial charge in [-0.25, -0.2) is 0 Å². The van der Waals surface area contributed by atoms with Crippen molar-refractivity contribution in [1.82, 2.24) is 4.98 Å². The van der Waals surface area contributed by atoms with Gasteiger partial charge in [0, 0.05) is 18.0 Å². The Hall–Kier alpha value is -1.11. The van der Waals surface area contributed by atoms with Crippen molar-refractivity contribution in [3.63, 3.8) is 0 Å². The normalized spacial score (nSPS) is 30.0. The van der Waals surface area contributed by atoms with E-state index in [0.29, 0.717) is 17.8 Å². The molecule has 21 heavy (non-hydrogen) atoms. The SMILES string of the molecule is CCCC1C2C=CC(c3c(C(C)C)ccnc32)C1CCC. The van der Waals surface area contributed by atoms with Gasteiger partial charge >= 0.3 is 0 Å². The Morgan fingerprint density at radius 1 is 1.00 bits per heavy atom. The van der Waals surface area contributed by atoms with E-state index >= 15 is 0 Å². The van der Waals surface area contributed by atoms with Crippen LogP contribution < -0.4 is 0 Å². The molecule has 0 saturated heterocycles. The first kappa shape index (κ1) is 14.8. The van der Waals surface area contributed by atoms with Crippen molar-refractivity contribution in [2.75, 3.05) is 0 Å². The van der Waals surface area contributed by atoms with E-state index in [-0.39, 0.29) is 0 Å². The fraction of sp³-hybridized carbons (Fsp3) is 0.650. The Morgan fingerprint density at radius 2 is 1.62 bits per heavy atom. The largest absolute Gasteiger partial charge is 0.260 e. The molecule has 0 aromatic carbocycles. The maximum absolute atomic E-state index is 4.82. The van der Waals surface area contributed by atoms with Gasteiger partial charge in [-0.2, -0.15) is 0 Å². The van der Waals surface area contributed by atoms with E-state index in [9.17, 15) is 0 Å². The molecule has 4 unspecified atom stereocenters. The van der Waals surface area contributed by atoms with Crippen molar-refractivity contribution in [3.05, 3.63) is 41.2 Å². The molecular formula is C20H29N. The Labute approximate surface area is 129 Å². The van der Waals surface area contributed by atoms with Crippen LogP contribution in [0.2, 0.25) is 0 Å². The Bertz CT molecular complexity index is 529. The lowest BCUT2D eigenvalue weighted by molar-refractivity contribution is 0.209. The van der Waals surface area contributed by atoms with Crippen molar-refractivity contribution in [3.8, 4) is 0 Å². The molecule has 1 aromatic heterocycles. The molecular weight excluding hydrogens is 254 g/mol. The second kappa shape index (κ2) is 5.94. The van der Waals surface area contributed by atoms with Gasteiger partial charge in [-0.05, 0) is 47.8 Å². The number of hydrogen-bond donors (Lipinski definition) is 0. The summed E-state index contributed by atoms with van der Waals surface area (Å²) in [5.74, 6) is 3.43. The highest BCUT2D eigenvalue weighted by Gasteiger charge is 2.44. The van der Waals surface area contributed by atoms with E-state index < -0.39 is 0 Å². The zero-order chi connectivity index (χ0) is 15.0. The van der Waals surface area contributed by atoms with Crippen LogP contribution in [0.15, 0.2) is 24.4 Å². The first-order chi connectivity index (χ1) is 10.2. The maximum Gasteiger partial charge on any atom is 0.0515 e. The molecule has 4 atom stereocenters. The molecule has 0 fully saturated rings. The van der Waals surface area contributed by atoms with Crippen molar-refractivity contribution in [2.24, 2.45) is 11.8 Å². The van der Waals surface area contributed by atoms with Gasteiger partial charge < -0.3 is 0 Å². The second-order valence-corrected chi connectivity index (χ2v) is 7.20. The zero-order valence-electron chi connectivity index (χ0n) is 14.0. The lowest BCUT2D eigenvalue weighted by Crippen LogP contribution is -2.36. The number of aromatic nitrogens is 1. The van der Waals surface area contributed by atoms with Crippen LogP contribution in [0.4, 0.5) is 0 Å². The standard InChI is InChI=1S/C20H29N/c1-5-7-15-16(8-6-2)18-10-9-17(15)19-14(13(3)4)11-12-21-20(18)19/h9-13,15-18H,5-8H2,1-4H3. The fourth-order valence-corrected chi connectivity index (χ4v) is 4.75. The molecule has 114 valence electrons. The van der Waals surface area contributed by atoms with Gasteiger partial charge in [-0.3, -0.25) is 4.98 Å². The number of fused-ring (bicyclic) bond motifs is 1. The highest BCUT2D eigenvalue weighted by atomic mass is 14.7. The van der Waals surface area contributed by atoms with Crippen molar-refractivity contribution < 1.29 is 0 Å². The van der Waals surface area contributed by atoms with Crippen LogP contribution in [-0.4, -0.2) is 4.98 Å². The van der Waals surface area contributed by atoms with Crippen LogP contribution in [0, 0.1) is 11.8 Å². The Morgan fingerprint density at radius 3 is 2.24 bits per heavy atom. The van der Waals surface area contributed by atoms with Gasteiger partial charge in [-0.15, -0.1) is 0 Å². The quantitative estimate of drug-likeness (QED) is 0.623. The molecule has 0 radical (unpaired) electrons. The summed E-state index contributed by atoms with van der Waals surface area (Å²) in [6.07, 6.45) is 12.3. The molecule has 0 aliphatic heterocycles. The number of nitrogens with zero attached hydrogens (tertiary/aromatic N) is 1. The van der Waals surface area contributed by atoms with Gasteiger partial charge in [0.25, 0.3) is 0 Å². The number of pyridine rings is 1. The van der Waals surface area contributed by atoms with Gasteiger partial charge in [0.2, 0.25) is 0 Å². The molecule has 3 aliphatic carbocycles. The average molecular weight is 283 g/mol. The van der Waals surface area contributed by atoms with Gasteiger partial charge in [0.1, 0.15) is 0 Å². The zero-order valence-corrected chi connectivity index (χ0v) is 14.0. The van der Waals surface area contributed by atoms with Gasteiger partial charge in [-0.1, -0.05) is 52.7 Å². The summed E-state index contributed by atoms with van der Waals surface area (Å²) in [5.41, 5.74) is 4.53. The Kier molecular flexibility index (Phi) is 4.19. The lowest BCUT2D eigenvalue weighted by atomic mass is 9.58. The first-order valence-corrected chi connectivity index (χ1v) is 8.86. The lowest BCUT2D eigenvalue weighted by Gasteiger charge is -2.47. The van der Waals surface area contributed by atoms with E-state index in [1.54, 1.807) is 5.56 Å². The van der Waals surface area contributed by atoms with E-state index in [1.807, 2.05) is 6.20 Å².